The Bertz CT molecular complexity index is 823. The Kier molecular flexibility index (Phi) is 3.30. The van der Waals surface area contributed by atoms with Crippen LogP contribution in [0.3, 0.4) is 0 Å². The molecule has 3 rings (SSSR count). The van der Waals surface area contributed by atoms with E-state index in [0.717, 1.165) is 5.69 Å². The summed E-state index contributed by atoms with van der Waals surface area (Å²) in [5.74, 6) is -0.381. The van der Waals surface area contributed by atoms with E-state index in [9.17, 15) is 9.59 Å². The molecule has 2 aromatic heterocycles. The van der Waals surface area contributed by atoms with Crippen molar-refractivity contribution in [2.45, 2.75) is 0 Å². The monoisotopic (exact) mass is 281 g/mol. The van der Waals surface area contributed by atoms with Crippen LogP contribution in [0.5, 0.6) is 0 Å². The van der Waals surface area contributed by atoms with Crippen LogP contribution in [0, 0.1) is 0 Å². The van der Waals surface area contributed by atoms with Gasteiger partial charge in [-0.15, -0.1) is 10.2 Å². The number of hydrogen-bond donors (Lipinski definition) is 2. The number of amides is 1. The first-order valence-electron chi connectivity index (χ1n) is 6.18. The van der Waals surface area contributed by atoms with Crippen molar-refractivity contribution in [1.29, 1.82) is 0 Å². The molecular formula is C14H11N5O2. The summed E-state index contributed by atoms with van der Waals surface area (Å²) in [6.45, 7) is 0. The fourth-order valence-corrected chi connectivity index (χ4v) is 1.86. The molecule has 0 aliphatic heterocycles. The number of benzene rings is 1. The Morgan fingerprint density at radius 1 is 1.10 bits per heavy atom. The molecule has 2 heterocycles. The Hall–Kier alpha value is -3.22. The highest BCUT2D eigenvalue weighted by molar-refractivity contribution is 6.02. The molecule has 0 atom stereocenters. The summed E-state index contributed by atoms with van der Waals surface area (Å²) in [7, 11) is 0. The highest BCUT2D eigenvalue weighted by Crippen LogP contribution is 2.14. The van der Waals surface area contributed by atoms with Gasteiger partial charge >= 0.3 is 0 Å². The van der Waals surface area contributed by atoms with Gasteiger partial charge in [-0.1, -0.05) is 12.1 Å². The Morgan fingerprint density at radius 3 is 2.62 bits per heavy atom. The lowest BCUT2D eigenvalue weighted by Gasteiger charge is -2.07. The molecule has 0 unspecified atom stereocenters. The molecule has 104 valence electrons. The van der Waals surface area contributed by atoms with Crippen LogP contribution < -0.4 is 10.9 Å². The zero-order valence-electron chi connectivity index (χ0n) is 10.9. The van der Waals surface area contributed by atoms with Gasteiger partial charge in [0.25, 0.3) is 5.91 Å². The number of hydrogen-bond acceptors (Lipinski definition) is 4. The molecule has 0 spiro atoms. The zero-order valence-corrected chi connectivity index (χ0v) is 10.9. The predicted molar refractivity (Wildman–Crippen MR) is 76.4 cm³/mol. The highest BCUT2D eigenvalue weighted by Gasteiger charge is 2.07. The van der Waals surface area contributed by atoms with Crippen molar-refractivity contribution in [2.24, 2.45) is 0 Å². The van der Waals surface area contributed by atoms with Crippen molar-refractivity contribution in [1.82, 2.24) is 19.7 Å². The van der Waals surface area contributed by atoms with Gasteiger partial charge in [-0.2, -0.15) is 0 Å². The van der Waals surface area contributed by atoms with Gasteiger partial charge in [-0.25, -0.2) is 0 Å². The normalized spacial score (nSPS) is 10.3. The van der Waals surface area contributed by atoms with E-state index in [4.69, 9.17) is 0 Å². The first-order chi connectivity index (χ1) is 10.2. The minimum Gasteiger partial charge on any atom is -0.321 e. The summed E-state index contributed by atoms with van der Waals surface area (Å²) < 4.78 is 1.72. The molecular weight excluding hydrogens is 270 g/mol. The van der Waals surface area contributed by atoms with Gasteiger partial charge in [0.05, 0.1) is 5.69 Å². The van der Waals surface area contributed by atoms with Crippen molar-refractivity contribution in [3.05, 3.63) is 71.2 Å². The van der Waals surface area contributed by atoms with E-state index >= 15 is 0 Å². The molecule has 0 aliphatic carbocycles. The largest absolute Gasteiger partial charge is 0.321 e. The number of nitrogens with zero attached hydrogens (tertiary/aromatic N) is 3. The molecule has 1 amide bonds. The van der Waals surface area contributed by atoms with Crippen LogP contribution in [-0.2, 0) is 0 Å². The third-order valence-electron chi connectivity index (χ3n) is 2.83. The number of rotatable bonds is 3. The smallest absolute Gasteiger partial charge is 0.272 e. The van der Waals surface area contributed by atoms with Crippen molar-refractivity contribution in [3.8, 4) is 5.69 Å². The number of aromatic amines is 1. The number of aromatic nitrogens is 4. The first kappa shape index (κ1) is 12.8. The molecule has 2 N–H and O–H groups in total. The van der Waals surface area contributed by atoms with E-state index in [1.54, 1.807) is 41.5 Å². The maximum atomic E-state index is 12.1. The van der Waals surface area contributed by atoms with Gasteiger partial charge < -0.3 is 10.3 Å². The standard InChI is InChI=1S/C14H11N5O2/c20-13-6-2-5-12(18-13)14(21)17-10-3-1-4-11(7-10)19-8-15-16-9-19/h1-9H,(H,17,21)(H,18,20). The first-order valence-corrected chi connectivity index (χ1v) is 6.18. The van der Waals surface area contributed by atoms with Crippen LogP contribution in [0.15, 0.2) is 59.9 Å². The summed E-state index contributed by atoms with van der Waals surface area (Å²) >= 11 is 0. The Morgan fingerprint density at radius 2 is 1.86 bits per heavy atom. The molecule has 0 aliphatic rings. The number of pyridine rings is 1. The fourth-order valence-electron chi connectivity index (χ4n) is 1.86. The lowest BCUT2D eigenvalue weighted by atomic mass is 10.2. The number of carbonyl (C=O) groups is 1. The van der Waals surface area contributed by atoms with Gasteiger partial charge in [0.1, 0.15) is 18.3 Å². The average molecular weight is 281 g/mol. The summed E-state index contributed by atoms with van der Waals surface area (Å²) in [5, 5.41) is 10.2. The highest BCUT2D eigenvalue weighted by atomic mass is 16.2. The Labute approximate surface area is 119 Å². The Balaban J connectivity index is 1.84. The minimum absolute atomic E-state index is 0.206. The van der Waals surface area contributed by atoms with E-state index in [2.05, 4.69) is 20.5 Å². The van der Waals surface area contributed by atoms with Crippen LogP contribution in [0.1, 0.15) is 10.5 Å². The van der Waals surface area contributed by atoms with Crippen LogP contribution in [0.2, 0.25) is 0 Å². The molecule has 7 heteroatoms. The SMILES string of the molecule is O=C(Nc1cccc(-n2cnnc2)c1)c1cccc(=O)[nH]1. The number of anilines is 1. The van der Waals surface area contributed by atoms with Crippen molar-refractivity contribution in [3.63, 3.8) is 0 Å². The fraction of sp³-hybridized carbons (Fsp3) is 0. The van der Waals surface area contributed by atoms with Gasteiger partial charge in [0.15, 0.2) is 0 Å². The summed E-state index contributed by atoms with van der Waals surface area (Å²) in [6, 6.07) is 11.6. The second kappa shape index (κ2) is 5.41. The van der Waals surface area contributed by atoms with Crippen molar-refractivity contribution < 1.29 is 4.79 Å². The predicted octanol–water partition coefficient (Wildman–Crippen LogP) is 1.21. The maximum absolute atomic E-state index is 12.1. The van der Waals surface area contributed by atoms with Gasteiger partial charge in [0, 0.05) is 11.8 Å². The van der Waals surface area contributed by atoms with E-state index in [-0.39, 0.29) is 17.2 Å². The van der Waals surface area contributed by atoms with Gasteiger partial charge in [0.2, 0.25) is 5.56 Å². The molecule has 0 bridgehead atoms. The molecule has 1 aromatic carbocycles. The third kappa shape index (κ3) is 2.86. The number of H-pyrrole nitrogens is 1. The maximum Gasteiger partial charge on any atom is 0.272 e. The number of carbonyl (C=O) groups excluding carboxylic acids is 1. The molecule has 0 saturated carbocycles. The van der Waals surface area contributed by atoms with E-state index in [1.807, 2.05) is 6.07 Å². The second-order valence-electron chi connectivity index (χ2n) is 4.30. The summed E-state index contributed by atoms with van der Waals surface area (Å²) in [4.78, 5) is 25.7. The van der Waals surface area contributed by atoms with Crippen molar-refractivity contribution in [2.75, 3.05) is 5.32 Å². The second-order valence-corrected chi connectivity index (χ2v) is 4.30. The van der Waals surface area contributed by atoms with E-state index < -0.39 is 0 Å². The van der Waals surface area contributed by atoms with E-state index in [0.29, 0.717) is 5.69 Å². The lowest BCUT2D eigenvalue weighted by Crippen LogP contribution is -2.17. The zero-order chi connectivity index (χ0) is 14.7. The van der Waals surface area contributed by atoms with Crippen LogP contribution in [-0.4, -0.2) is 25.7 Å². The van der Waals surface area contributed by atoms with Gasteiger partial charge in [-0.3, -0.25) is 14.2 Å². The summed E-state index contributed by atoms with van der Waals surface area (Å²) in [6.07, 6.45) is 3.13. The number of nitrogens with one attached hydrogen (secondary N) is 2. The third-order valence-corrected chi connectivity index (χ3v) is 2.83. The molecule has 7 nitrogen and oxygen atoms in total. The minimum atomic E-state index is -0.381. The van der Waals surface area contributed by atoms with Gasteiger partial charge in [-0.05, 0) is 24.3 Å². The van der Waals surface area contributed by atoms with Crippen molar-refractivity contribution >= 4 is 11.6 Å². The molecule has 3 aromatic rings. The van der Waals surface area contributed by atoms with Crippen LogP contribution in [0.25, 0.3) is 5.69 Å². The quantitative estimate of drug-likeness (QED) is 0.754. The molecule has 0 saturated heterocycles. The summed E-state index contributed by atoms with van der Waals surface area (Å²) in [5.41, 5.74) is 1.31. The van der Waals surface area contributed by atoms with Crippen LogP contribution >= 0.6 is 0 Å². The topological polar surface area (TPSA) is 92.7 Å². The van der Waals surface area contributed by atoms with Crippen LogP contribution in [0.4, 0.5) is 5.69 Å². The molecule has 21 heavy (non-hydrogen) atoms. The average Bonchev–Trinajstić information content (AvgIpc) is 3.02. The molecule has 0 radical (unpaired) electrons. The molecule has 0 fully saturated rings. The lowest BCUT2D eigenvalue weighted by molar-refractivity contribution is 0.102. The van der Waals surface area contributed by atoms with E-state index in [1.165, 1.54) is 12.1 Å².